The zero-order valence-electron chi connectivity index (χ0n) is 19.6. The fraction of sp³-hybridized carbons (Fsp3) is 0.750. The summed E-state index contributed by atoms with van der Waals surface area (Å²) in [6, 6.07) is 14.5. The van der Waals surface area contributed by atoms with Gasteiger partial charge in [-0.1, -0.05) is 91.5 Å². The summed E-state index contributed by atoms with van der Waals surface area (Å²) >= 11 is 0. The molecule has 0 aliphatic heterocycles. The Labute approximate surface area is 177 Å². The summed E-state index contributed by atoms with van der Waals surface area (Å²) in [5, 5.41) is 3.04. The Bertz CT molecular complexity index is 478. The van der Waals surface area contributed by atoms with E-state index < -0.39 is 16.6 Å². The van der Waals surface area contributed by atoms with Crippen LogP contribution in [-0.2, 0) is 8.85 Å². The van der Waals surface area contributed by atoms with Gasteiger partial charge in [0.25, 0.3) is 0 Å². The molecule has 0 aromatic heterocycles. The van der Waals surface area contributed by atoms with E-state index in [1.54, 1.807) is 0 Å². The number of rotatable bonds is 16. The Morgan fingerprint density at radius 2 is 0.929 bits per heavy atom. The number of hydrogen-bond donors (Lipinski definition) is 0. The van der Waals surface area contributed by atoms with Gasteiger partial charge in [-0.3, -0.25) is 0 Å². The molecule has 0 amide bonds. The summed E-state index contributed by atoms with van der Waals surface area (Å²) in [6.45, 7) is 15.5. The Morgan fingerprint density at radius 1 is 0.571 bits per heavy atom. The van der Waals surface area contributed by atoms with Gasteiger partial charge in [0.05, 0.1) is 0 Å². The van der Waals surface area contributed by atoms with Crippen molar-refractivity contribution in [3.63, 3.8) is 0 Å². The van der Waals surface area contributed by atoms with Crippen LogP contribution in [0.25, 0.3) is 0 Å². The van der Waals surface area contributed by atoms with Crippen molar-refractivity contribution in [3.05, 3.63) is 24.3 Å². The first-order chi connectivity index (χ1) is 13.6. The summed E-state index contributed by atoms with van der Waals surface area (Å²) in [5.74, 6) is 0. The first-order valence-corrected chi connectivity index (χ1v) is 16.6. The fourth-order valence-electron chi connectivity index (χ4n) is 4.58. The topological polar surface area (TPSA) is 18.5 Å². The maximum Gasteiger partial charge on any atom is 0.224 e. The molecule has 0 radical (unpaired) electrons. The summed E-state index contributed by atoms with van der Waals surface area (Å²) in [6.07, 6.45) is 7.04. The molecule has 0 saturated heterocycles. The molecule has 0 bridgehead atoms. The molecule has 1 rings (SSSR count). The van der Waals surface area contributed by atoms with Gasteiger partial charge in [-0.2, -0.15) is 0 Å². The van der Waals surface area contributed by atoms with Crippen molar-refractivity contribution < 1.29 is 8.85 Å². The second kappa shape index (κ2) is 13.7. The van der Waals surface area contributed by atoms with E-state index in [0.717, 1.165) is 26.1 Å². The second-order valence-corrected chi connectivity index (χ2v) is 16.0. The molecular weight excluding hydrogens is 376 g/mol. The van der Waals surface area contributed by atoms with Crippen LogP contribution in [0.3, 0.4) is 0 Å². The fourth-order valence-corrected chi connectivity index (χ4v) is 13.3. The molecule has 0 fully saturated rings. The molecule has 162 valence electrons. The van der Waals surface area contributed by atoms with Crippen LogP contribution in [-0.4, -0.2) is 29.8 Å². The van der Waals surface area contributed by atoms with Crippen LogP contribution in [0.2, 0.25) is 24.2 Å². The highest BCUT2D eigenvalue weighted by Crippen LogP contribution is 2.25. The first kappa shape index (κ1) is 25.6. The van der Waals surface area contributed by atoms with Crippen LogP contribution >= 0.6 is 0 Å². The molecule has 0 spiro atoms. The van der Waals surface area contributed by atoms with E-state index in [-0.39, 0.29) is 0 Å². The summed E-state index contributed by atoms with van der Waals surface area (Å²) < 4.78 is 13.5. The van der Waals surface area contributed by atoms with Gasteiger partial charge in [0, 0.05) is 13.2 Å². The van der Waals surface area contributed by atoms with Gasteiger partial charge in [-0.15, -0.1) is 0 Å². The molecular formula is C24H46O2Si2. The lowest BCUT2D eigenvalue weighted by Gasteiger charge is -2.35. The minimum absolute atomic E-state index is 0.898. The molecule has 1 aromatic rings. The normalized spacial score (nSPS) is 12.5. The molecule has 28 heavy (non-hydrogen) atoms. The predicted molar refractivity (Wildman–Crippen MR) is 130 cm³/mol. The molecule has 0 aliphatic rings. The van der Waals surface area contributed by atoms with Gasteiger partial charge in [0.15, 0.2) is 0 Å². The minimum Gasteiger partial charge on any atom is -0.412 e. The Kier molecular flexibility index (Phi) is 12.6. The zero-order valence-corrected chi connectivity index (χ0v) is 21.6. The van der Waals surface area contributed by atoms with Crippen LogP contribution < -0.4 is 10.4 Å². The second-order valence-electron chi connectivity index (χ2n) is 8.27. The van der Waals surface area contributed by atoms with Crippen molar-refractivity contribution in [2.75, 3.05) is 13.2 Å². The molecule has 0 saturated carbocycles. The predicted octanol–water partition coefficient (Wildman–Crippen LogP) is 6.48. The van der Waals surface area contributed by atoms with Gasteiger partial charge in [0.2, 0.25) is 16.6 Å². The van der Waals surface area contributed by atoms with Crippen molar-refractivity contribution in [2.24, 2.45) is 0 Å². The van der Waals surface area contributed by atoms with Crippen LogP contribution in [0.15, 0.2) is 24.3 Å². The third-order valence-corrected chi connectivity index (χ3v) is 15.2. The molecule has 0 N–H and O–H groups in total. The van der Waals surface area contributed by atoms with E-state index in [2.05, 4.69) is 65.8 Å². The quantitative estimate of drug-likeness (QED) is 0.284. The van der Waals surface area contributed by atoms with Gasteiger partial charge >= 0.3 is 0 Å². The SMILES string of the molecule is CCCO[Si](CCC)(CCC)c1cccc([Si](CCC)(CCC)OCCC)c1. The van der Waals surface area contributed by atoms with E-state index >= 15 is 0 Å². The Balaban J connectivity index is 3.43. The van der Waals surface area contributed by atoms with Crippen LogP contribution in [0, 0.1) is 0 Å². The van der Waals surface area contributed by atoms with E-state index in [4.69, 9.17) is 8.85 Å². The molecule has 2 nitrogen and oxygen atoms in total. The van der Waals surface area contributed by atoms with Gasteiger partial charge < -0.3 is 8.85 Å². The van der Waals surface area contributed by atoms with Crippen molar-refractivity contribution in [2.45, 2.75) is 104 Å². The van der Waals surface area contributed by atoms with Gasteiger partial charge in [0.1, 0.15) is 0 Å². The number of benzene rings is 1. The van der Waals surface area contributed by atoms with E-state index in [9.17, 15) is 0 Å². The van der Waals surface area contributed by atoms with Crippen molar-refractivity contribution >= 4 is 27.0 Å². The van der Waals surface area contributed by atoms with E-state index in [0.29, 0.717) is 0 Å². The monoisotopic (exact) mass is 422 g/mol. The summed E-state index contributed by atoms with van der Waals surface area (Å²) in [4.78, 5) is 0. The molecule has 1 aromatic carbocycles. The third kappa shape index (κ3) is 6.82. The average molecular weight is 423 g/mol. The van der Waals surface area contributed by atoms with Gasteiger partial charge in [-0.05, 0) is 47.4 Å². The average Bonchev–Trinajstić information content (AvgIpc) is 2.71. The Hall–Kier alpha value is -0.426. The third-order valence-electron chi connectivity index (χ3n) is 5.70. The Morgan fingerprint density at radius 3 is 1.21 bits per heavy atom. The smallest absolute Gasteiger partial charge is 0.224 e. The van der Waals surface area contributed by atoms with Crippen molar-refractivity contribution in [3.8, 4) is 0 Å². The van der Waals surface area contributed by atoms with Crippen molar-refractivity contribution in [1.82, 2.24) is 0 Å². The van der Waals surface area contributed by atoms with E-state index in [1.165, 1.54) is 60.2 Å². The highest BCUT2D eigenvalue weighted by molar-refractivity contribution is 6.89. The first-order valence-electron chi connectivity index (χ1n) is 12.0. The summed E-state index contributed by atoms with van der Waals surface area (Å²) in [5.41, 5.74) is 0. The van der Waals surface area contributed by atoms with Crippen molar-refractivity contribution in [1.29, 1.82) is 0 Å². The minimum atomic E-state index is -1.91. The standard InChI is InChI=1S/C24H46O2Si2/c1-7-16-25-27(18-9-3,19-10-4)23-14-13-15-24(22-23)28(20-11-5,21-12-6)26-17-8-2/h13-15,22H,7-12,16-21H2,1-6H3. The summed E-state index contributed by atoms with van der Waals surface area (Å²) in [7, 11) is -3.83. The maximum atomic E-state index is 6.73. The van der Waals surface area contributed by atoms with E-state index in [1.807, 2.05) is 0 Å². The van der Waals surface area contributed by atoms with Crippen LogP contribution in [0.4, 0.5) is 0 Å². The highest BCUT2D eigenvalue weighted by atomic mass is 28.4. The molecule has 4 heteroatoms. The highest BCUT2D eigenvalue weighted by Gasteiger charge is 2.39. The largest absolute Gasteiger partial charge is 0.412 e. The lowest BCUT2D eigenvalue weighted by Crippen LogP contribution is -2.56. The molecule has 0 atom stereocenters. The maximum absolute atomic E-state index is 6.73. The molecule has 0 unspecified atom stereocenters. The molecule has 0 heterocycles. The lowest BCUT2D eigenvalue weighted by atomic mass is 10.4. The van der Waals surface area contributed by atoms with Gasteiger partial charge in [-0.25, -0.2) is 0 Å². The van der Waals surface area contributed by atoms with Crippen LogP contribution in [0.5, 0.6) is 0 Å². The molecule has 0 aliphatic carbocycles. The lowest BCUT2D eigenvalue weighted by molar-refractivity contribution is 0.304. The number of hydrogen-bond acceptors (Lipinski definition) is 2. The van der Waals surface area contributed by atoms with Crippen LogP contribution in [0.1, 0.15) is 80.1 Å². The zero-order chi connectivity index (χ0) is 20.9.